The minimum Gasteiger partial charge on any atom is -1.00 e. The summed E-state index contributed by atoms with van der Waals surface area (Å²) in [5.74, 6) is 1.04. The van der Waals surface area contributed by atoms with Crippen LogP contribution in [0.2, 0.25) is 0 Å². The first kappa shape index (κ1) is 17.3. The average molecular weight is 414 g/mol. The van der Waals surface area contributed by atoms with Crippen molar-refractivity contribution in [3.8, 4) is 11.3 Å². The zero-order valence-electron chi connectivity index (χ0n) is 15.0. The van der Waals surface area contributed by atoms with Crippen LogP contribution in [0.4, 0.5) is 4.39 Å². The maximum absolute atomic E-state index is 13.3. The van der Waals surface area contributed by atoms with E-state index < -0.39 is 0 Å². The average Bonchev–Trinajstić information content (AvgIpc) is 2.99. The van der Waals surface area contributed by atoms with Crippen molar-refractivity contribution in [3.05, 3.63) is 59.5 Å². The molecule has 0 atom stereocenters. The van der Waals surface area contributed by atoms with Crippen LogP contribution in [0.1, 0.15) is 24.0 Å². The molecular formula is C21H21BrFN3. The van der Waals surface area contributed by atoms with E-state index >= 15 is 0 Å². The lowest BCUT2D eigenvalue weighted by atomic mass is 10.1. The van der Waals surface area contributed by atoms with Crippen molar-refractivity contribution in [1.82, 2.24) is 8.97 Å². The number of imidazole rings is 2. The maximum Gasteiger partial charge on any atom is 0.370 e. The molecule has 2 aromatic heterocycles. The zero-order chi connectivity index (χ0) is 17.1. The molecule has 0 unspecified atom stereocenters. The van der Waals surface area contributed by atoms with E-state index in [1.807, 2.05) is 12.1 Å². The molecule has 0 saturated carbocycles. The molecule has 0 aliphatic carbocycles. The highest BCUT2D eigenvalue weighted by Crippen LogP contribution is 2.29. The van der Waals surface area contributed by atoms with Crippen molar-refractivity contribution in [1.29, 1.82) is 0 Å². The van der Waals surface area contributed by atoms with Crippen LogP contribution in [0, 0.1) is 19.7 Å². The summed E-state index contributed by atoms with van der Waals surface area (Å²) in [4.78, 5) is 0. The first-order chi connectivity index (χ1) is 12.1. The molecule has 0 N–H and O–H groups in total. The van der Waals surface area contributed by atoms with E-state index in [9.17, 15) is 4.39 Å². The van der Waals surface area contributed by atoms with Crippen molar-refractivity contribution in [2.45, 2.75) is 39.8 Å². The Hall–Kier alpha value is -2.14. The number of fused-ring (bicyclic) bond motifs is 3. The number of halogens is 2. The van der Waals surface area contributed by atoms with Crippen molar-refractivity contribution in [2.24, 2.45) is 0 Å². The molecule has 26 heavy (non-hydrogen) atoms. The fourth-order valence-corrected chi connectivity index (χ4v) is 4.07. The molecule has 0 bridgehead atoms. The normalized spacial score (nSPS) is 13.8. The smallest absolute Gasteiger partial charge is 0.370 e. The Morgan fingerprint density at radius 1 is 1.00 bits per heavy atom. The predicted molar refractivity (Wildman–Crippen MR) is 97.2 cm³/mol. The molecule has 3 heterocycles. The lowest BCUT2D eigenvalue weighted by molar-refractivity contribution is -0.647. The Kier molecular flexibility index (Phi) is 4.14. The third-order valence-electron chi connectivity index (χ3n) is 5.54. The van der Waals surface area contributed by atoms with Crippen LogP contribution in [-0.4, -0.2) is 8.97 Å². The lowest BCUT2D eigenvalue weighted by Crippen LogP contribution is -3.00. The fraction of sp³-hybridized carbons (Fsp3) is 0.286. The summed E-state index contributed by atoms with van der Waals surface area (Å²) in [7, 11) is 0. The van der Waals surface area contributed by atoms with Crippen LogP contribution < -0.4 is 21.5 Å². The highest BCUT2D eigenvalue weighted by molar-refractivity contribution is 5.79. The number of nitrogens with zero attached hydrogens (tertiary/aromatic N) is 3. The number of rotatable bonds is 1. The van der Waals surface area contributed by atoms with E-state index in [2.05, 4.69) is 45.7 Å². The van der Waals surface area contributed by atoms with Gasteiger partial charge in [0.1, 0.15) is 28.7 Å². The van der Waals surface area contributed by atoms with E-state index in [0.29, 0.717) is 0 Å². The first-order valence-electron chi connectivity index (χ1n) is 8.94. The highest BCUT2D eigenvalue weighted by Gasteiger charge is 2.28. The second-order valence-corrected chi connectivity index (χ2v) is 7.13. The molecule has 2 aromatic carbocycles. The fourth-order valence-electron chi connectivity index (χ4n) is 4.07. The summed E-state index contributed by atoms with van der Waals surface area (Å²) in [5, 5.41) is 0. The van der Waals surface area contributed by atoms with Gasteiger partial charge in [0.15, 0.2) is 0 Å². The topological polar surface area (TPSA) is 13.2 Å². The molecule has 134 valence electrons. The van der Waals surface area contributed by atoms with Crippen molar-refractivity contribution in [3.63, 3.8) is 0 Å². The van der Waals surface area contributed by atoms with E-state index in [-0.39, 0.29) is 22.8 Å². The van der Waals surface area contributed by atoms with Gasteiger partial charge in [0, 0.05) is 5.56 Å². The number of hydrogen-bond acceptors (Lipinski definition) is 0. The van der Waals surface area contributed by atoms with E-state index in [1.54, 1.807) is 12.1 Å². The van der Waals surface area contributed by atoms with Gasteiger partial charge >= 0.3 is 5.78 Å². The van der Waals surface area contributed by atoms with Crippen molar-refractivity contribution in [2.75, 3.05) is 0 Å². The summed E-state index contributed by atoms with van der Waals surface area (Å²) >= 11 is 0. The van der Waals surface area contributed by atoms with Gasteiger partial charge in [-0.05, 0) is 74.2 Å². The van der Waals surface area contributed by atoms with Crippen LogP contribution in [0.5, 0.6) is 0 Å². The molecule has 1 aliphatic rings. The van der Waals surface area contributed by atoms with Crippen molar-refractivity contribution < 1.29 is 25.9 Å². The number of hydrogen-bond donors (Lipinski definition) is 0. The van der Waals surface area contributed by atoms with Gasteiger partial charge in [0.25, 0.3) is 0 Å². The van der Waals surface area contributed by atoms with Crippen LogP contribution >= 0.6 is 0 Å². The zero-order valence-corrected chi connectivity index (χ0v) is 16.6. The number of benzene rings is 2. The molecule has 3 nitrogen and oxygen atoms in total. The Labute approximate surface area is 162 Å². The molecule has 1 aliphatic heterocycles. The van der Waals surface area contributed by atoms with Gasteiger partial charge in [-0.2, -0.15) is 4.40 Å². The van der Waals surface area contributed by atoms with Gasteiger partial charge in [-0.3, -0.25) is 0 Å². The monoisotopic (exact) mass is 413 g/mol. The summed E-state index contributed by atoms with van der Waals surface area (Å²) in [6, 6.07) is 11.4. The lowest BCUT2D eigenvalue weighted by Gasteiger charge is -2.02. The molecule has 5 rings (SSSR count). The Morgan fingerprint density at radius 2 is 1.73 bits per heavy atom. The summed E-state index contributed by atoms with van der Waals surface area (Å²) in [5.41, 5.74) is 7.43. The minimum absolute atomic E-state index is 0. The molecule has 0 amide bonds. The summed E-state index contributed by atoms with van der Waals surface area (Å²) in [6.07, 6.45) is 4.55. The second kappa shape index (κ2) is 6.23. The highest BCUT2D eigenvalue weighted by atomic mass is 79.9. The maximum atomic E-state index is 13.3. The van der Waals surface area contributed by atoms with E-state index in [0.717, 1.165) is 30.8 Å². The van der Waals surface area contributed by atoms with Gasteiger partial charge in [0.2, 0.25) is 0 Å². The van der Waals surface area contributed by atoms with Gasteiger partial charge in [-0.1, -0.05) is 0 Å². The van der Waals surface area contributed by atoms with Gasteiger partial charge in [0.05, 0.1) is 13.1 Å². The van der Waals surface area contributed by atoms with Crippen LogP contribution in [-0.2, 0) is 13.1 Å². The van der Waals surface area contributed by atoms with Crippen LogP contribution in [0.3, 0.4) is 0 Å². The Balaban J connectivity index is 0.00000168. The van der Waals surface area contributed by atoms with Crippen LogP contribution in [0.15, 0.2) is 42.6 Å². The summed E-state index contributed by atoms with van der Waals surface area (Å²) < 4.78 is 20.5. The Morgan fingerprint density at radius 3 is 2.50 bits per heavy atom. The third kappa shape index (κ3) is 2.41. The van der Waals surface area contributed by atoms with E-state index in [4.69, 9.17) is 0 Å². The predicted octanol–water partition coefficient (Wildman–Crippen LogP) is 1.40. The summed E-state index contributed by atoms with van der Waals surface area (Å²) in [6.45, 7) is 6.39. The minimum atomic E-state index is -0.190. The van der Waals surface area contributed by atoms with E-state index in [1.165, 1.54) is 34.4 Å². The largest absolute Gasteiger partial charge is 1.00 e. The van der Waals surface area contributed by atoms with Gasteiger partial charge < -0.3 is 17.0 Å². The molecule has 5 heteroatoms. The van der Waals surface area contributed by atoms with Crippen molar-refractivity contribution >= 4 is 16.8 Å². The van der Waals surface area contributed by atoms with Crippen LogP contribution in [0.25, 0.3) is 28.1 Å². The number of aromatic nitrogens is 3. The standard InChI is InChI=1S/C21H21FN3.BrH/c1-14-11-18-19(12-15(14)2)25-13-20(16-5-7-17(22)8-6-16)24-10-4-3-9-23(18)21(24)25;/h5-8,11-13H,3-4,9-10H2,1-2H3;1H/q+1;/p-1. The Bertz CT molecular complexity index is 1120. The SMILES string of the molecule is Cc1cc2c(cc1C)[n+]1c3n(c(-c4ccc(F)cc4)cn23)CCCC1.[Br-]. The quantitative estimate of drug-likeness (QED) is 0.418. The third-order valence-corrected chi connectivity index (χ3v) is 5.54. The number of aryl methyl sites for hydroxylation is 4. The second-order valence-electron chi connectivity index (χ2n) is 7.13. The molecule has 0 saturated heterocycles. The molecule has 0 fully saturated rings. The molecular weight excluding hydrogens is 393 g/mol. The molecule has 0 spiro atoms. The van der Waals surface area contributed by atoms with Gasteiger partial charge in [-0.15, -0.1) is 0 Å². The molecule has 0 radical (unpaired) electrons. The van der Waals surface area contributed by atoms with Gasteiger partial charge in [-0.25, -0.2) is 13.5 Å². The molecule has 4 aromatic rings. The first-order valence-corrected chi connectivity index (χ1v) is 8.94.